The Bertz CT molecular complexity index is 6430. The summed E-state index contributed by atoms with van der Waals surface area (Å²) in [5.41, 5.74) is 16.7. The molecule has 42 heteroatoms. The van der Waals surface area contributed by atoms with Gasteiger partial charge >= 0.3 is 41.2 Å². The van der Waals surface area contributed by atoms with Crippen LogP contribution in [-0.2, 0) is 93.9 Å². The number of H-pyrrole nitrogens is 2. The summed E-state index contributed by atoms with van der Waals surface area (Å²) in [7, 11) is 7.03. The first-order chi connectivity index (χ1) is 66.7. The molecule has 0 spiro atoms. The molecule has 2 N–H and O–H groups in total. The Morgan fingerprint density at radius 1 is 0.322 bits per heavy atom. The lowest BCUT2D eigenvalue weighted by Gasteiger charge is -2.24. The van der Waals surface area contributed by atoms with E-state index in [9.17, 15) is 70.8 Å². The van der Waals surface area contributed by atoms with Crippen LogP contribution < -0.4 is 0 Å². The van der Waals surface area contributed by atoms with Crippen molar-refractivity contribution in [3.8, 4) is 0 Å². The zero-order chi connectivity index (χ0) is 117. The Morgan fingerprint density at radius 3 is 1.02 bits per heavy atom. The first-order valence-corrected chi connectivity index (χ1v) is 49.5. The first kappa shape index (κ1) is 134. The Labute approximate surface area is 883 Å². The normalized spacial score (nSPS) is 11.9. The van der Waals surface area contributed by atoms with Gasteiger partial charge in [0.05, 0.1) is 50.7 Å². The van der Waals surface area contributed by atoms with Gasteiger partial charge in [0, 0.05) is 115 Å². The fourth-order valence-electron chi connectivity index (χ4n) is 16.4. The SMILES string of the molecule is Cc1[nH]c([N+](=O)[O-])nc1C(C)(C)C.Cc1c(C(C)(C)C)nc([N+](=O)[O-])n1C.Cc1cc(C)n(C(C)(C)C)c1[N+](=O)[O-].Cc1ccc([N+](=O)[O-])n1C(C)(C)C.Cc1ccn(C(C)(C)C)c1[N+](=O)[O-].Cc1cn(C(C)(C)C)c(C)n1.Cc1nc(C)n(C(C)(C)C)c1C.Cc1nc([N+](=O)[O-])n(C)c1C(C)(C)C.Cc1ncc(C(C)(C)C)[nH]1.Cc1ncc(C(C)(C)C)n1C.Cc1ncn(C(C)(C)C)c1C.Cn1cc(C(C)(C)C)nc1[N+](=O)[O-]. The third kappa shape index (κ3) is 38.6. The number of rotatable bonds is 7. The fourth-order valence-corrected chi connectivity index (χ4v) is 16.4. The monoisotopic (exact) mass is 2080 g/mol. The van der Waals surface area contributed by atoms with E-state index in [4.69, 9.17) is 0 Å². The summed E-state index contributed by atoms with van der Waals surface area (Å²) in [5.74, 6) is 4.35. The highest BCUT2D eigenvalue weighted by Gasteiger charge is 2.37. The average Bonchev–Trinajstić information content (AvgIpc) is 1.64. The van der Waals surface area contributed by atoms with E-state index in [1.165, 1.54) is 31.9 Å². The van der Waals surface area contributed by atoms with Gasteiger partial charge in [-0.15, -0.1) is 0 Å². The molecule has 0 aromatic carbocycles. The number of aromatic amines is 2. The maximum Gasteiger partial charge on any atom is 0.434 e. The highest BCUT2D eigenvalue weighted by molar-refractivity contribution is 5.40. The van der Waals surface area contributed by atoms with Crippen LogP contribution in [0.15, 0.2) is 61.6 Å². The molecule has 42 nitrogen and oxygen atoms in total. The molecule has 0 saturated carbocycles. The van der Waals surface area contributed by atoms with Gasteiger partial charge in [0.2, 0.25) is 0 Å². The van der Waals surface area contributed by atoms with Gasteiger partial charge in [-0.05, 0) is 288 Å². The molecule has 149 heavy (non-hydrogen) atoms. The molecule has 0 aliphatic carbocycles. The molecule has 0 amide bonds. The molecule has 0 aliphatic rings. The average molecular weight is 2080 g/mol. The minimum Gasteiger partial charge on any atom is -0.390 e. The van der Waals surface area contributed by atoms with Crippen molar-refractivity contribution in [1.82, 2.24) is 100 Å². The molecule has 0 unspecified atom stereocenters. The van der Waals surface area contributed by atoms with Crippen molar-refractivity contribution in [2.75, 3.05) is 0 Å². The predicted octanol–water partition coefficient (Wildman–Crippen LogP) is 26.2. The number of hydrogen-bond acceptors (Lipinski definition) is 23. The minimum absolute atomic E-state index is 0.0903. The Balaban J connectivity index is 0.000000814. The van der Waals surface area contributed by atoms with Crippen LogP contribution in [0.4, 0.5) is 41.2 Å². The predicted molar refractivity (Wildman–Crippen MR) is 595 cm³/mol. The Kier molecular flexibility index (Phi) is 45.4. The van der Waals surface area contributed by atoms with Gasteiger partial charge in [0.1, 0.15) is 74.6 Å². The van der Waals surface area contributed by atoms with E-state index in [2.05, 4.69) is 218 Å². The van der Waals surface area contributed by atoms with Gasteiger partial charge in [0.25, 0.3) is 0 Å². The highest BCUT2D eigenvalue weighted by atomic mass is 16.7. The summed E-state index contributed by atoms with van der Waals surface area (Å²) in [4.78, 5) is 115. The molecule has 832 valence electrons. The van der Waals surface area contributed by atoms with E-state index >= 15 is 0 Å². The van der Waals surface area contributed by atoms with E-state index in [0.717, 1.165) is 97.2 Å². The Hall–Kier alpha value is -13.5. The van der Waals surface area contributed by atoms with Crippen LogP contribution >= 0.6 is 0 Å². The number of nitrogens with zero attached hydrogens (tertiary/aromatic N) is 26. The number of aryl methyl sites for hydroxylation is 14. The summed E-state index contributed by atoms with van der Waals surface area (Å²) in [6.45, 7) is 105. The summed E-state index contributed by atoms with van der Waals surface area (Å²) in [6.07, 6.45) is 11.3. The molecule has 0 fully saturated rings. The second-order valence-corrected chi connectivity index (χ2v) is 49.6. The molecule has 0 radical (unpaired) electrons. The van der Waals surface area contributed by atoms with Crippen molar-refractivity contribution in [2.24, 2.45) is 28.2 Å². The molecule has 0 saturated heterocycles. The largest absolute Gasteiger partial charge is 0.434 e. The van der Waals surface area contributed by atoms with Gasteiger partial charge in [-0.1, -0.05) is 145 Å². The fraction of sp³-hybridized carbons (Fsp3) is 0.636. The van der Waals surface area contributed by atoms with Crippen LogP contribution in [0.1, 0.15) is 375 Å². The van der Waals surface area contributed by atoms with Crippen LogP contribution in [0, 0.1) is 182 Å². The maximum absolute atomic E-state index is 10.9. The zero-order valence-electron chi connectivity index (χ0n) is 101. The molecule has 12 aromatic rings. The molecular weight excluding hydrogens is 1900 g/mol. The molecule has 0 bridgehead atoms. The van der Waals surface area contributed by atoms with Crippen LogP contribution in [0.2, 0.25) is 0 Å². The molecule has 0 atom stereocenters. The minimum atomic E-state index is -0.512. The van der Waals surface area contributed by atoms with Crippen molar-refractivity contribution >= 4 is 41.2 Å². The quantitative estimate of drug-likeness (QED) is 0.110. The van der Waals surface area contributed by atoms with Gasteiger partial charge in [-0.3, -0.25) is 0 Å². The number of aromatic nitrogens is 21. The third-order valence-corrected chi connectivity index (χ3v) is 23.3. The van der Waals surface area contributed by atoms with Crippen LogP contribution in [0.3, 0.4) is 0 Å². The standard InChI is InChI=1S/C10H16N2O2.C10H18N2.2C9H15N3O2.2C9H14N2O2.3C9H16N2.2C8H13N3O2.C8H14N2/c1-7-6-8(2)11(10(3,4)5)9(7)12(13)14;1-7-8(2)12(9(3)11-7)10(4,5)6;1-6-7(9(2,3)4)10-8(11(6)5)12(13)14;1-6-7(9(2,3)4)11(5)8(10-6)12(13)14;1-7-5-6-10(9(2,3)4)8(7)11(12)13;1-7-5-6-8(11(12)13)10(7)9(2,3)4;1-7-10-6-8(11(7)5)9(2,3)4;1-7-8(2)11(6-10-7)9(3,4)5;1-7-6-11(8(2)10-7)9(3,4)5;1-8(2,3)6-5-10(4)7(9-6)11(12)13;1-5-6(8(2,3)4)10-7(9-5)11(12)13;1-6-9-5-7(10-6)8(2,3)4/h6H,1-5H3;1-6H3;2*1-5H3;2*5-6H,1-4H3;3*6H,1-5H3;5H,1-4H3;1-4H3,(H,9,10);5H,1-4H3,(H,9,10). The molecular formula is C107H180N28O14. The Morgan fingerprint density at radius 2 is 0.792 bits per heavy atom. The van der Waals surface area contributed by atoms with Gasteiger partial charge < -0.3 is 94.1 Å². The zero-order valence-corrected chi connectivity index (χ0v) is 101. The maximum atomic E-state index is 10.9. The molecule has 0 aliphatic heterocycles. The van der Waals surface area contributed by atoms with Gasteiger partial charge in [-0.2, -0.15) is 0 Å². The summed E-state index contributed by atoms with van der Waals surface area (Å²) in [5, 5.41) is 74.5. The van der Waals surface area contributed by atoms with E-state index in [0.29, 0.717) is 5.56 Å². The third-order valence-electron chi connectivity index (χ3n) is 23.3. The number of hydrogen-bond donors (Lipinski definition) is 2. The van der Waals surface area contributed by atoms with Crippen molar-refractivity contribution in [1.29, 1.82) is 0 Å². The van der Waals surface area contributed by atoms with Crippen molar-refractivity contribution in [3.05, 3.63) is 258 Å². The molecule has 12 rings (SSSR count). The summed E-state index contributed by atoms with van der Waals surface area (Å²) in [6, 6.07) is 6.93. The lowest BCUT2D eigenvalue weighted by Crippen LogP contribution is -2.24. The highest BCUT2D eigenvalue weighted by Crippen LogP contribution is 2.36. The molecule has 12 heterocycles. The van der Waals surface area contributed by atoms with Crippen LogP contribution in [-0.4, -0.2) is 135 Å². The number of nitrogens with one attached hydrogen (secondary N) is 2. The van der Waals surface area contributed by atoms with E-state index in [-0.39, 0.29) is 122 Å². The van der Waals surface area contributed by atoms with Crippen molar-refractivity contribution in [2.45, 2.75) is 426 Å². The lowest BCUT2D eigenvalue weighted by atomic mass is 9.91. The first-order valence-electron chi connectivity index (χ1n) is 49.5. The van der Waals surface area contributed by atoms with Crippen LogP contribution in [0.5, 0.6) is 0 Å². The smallest absolute Gasteiger partial charge is 0.390 e. The van der Waals surface area contributed by atoms with Crippen molar-refractivity contribution < 1.29 is 34.5 Å². The summed E-state index contributed by atoms with van der Waals surface area (Å²) >= 11 is 0. The number of nitro groups is 7. The lowest BCUT2D eigenvalue weighted by molar-refractivity contribution is -0.396. The van der Waals surface area contributed by atoms with Gasteiger partial charge in [0.15, 0.2) is 22.8 Å². The second kappa shape index (κ2) is 50.7. The second-order valence-electron chi connectivity index (χ2n) is 49.6. The van der Waals surface area contributed by atoms with Gasteiger partial charge in [-0.25, -0.2) is 57.3 Å². The van der Waals surface area contributed by atoms with E-state index in [1.54, 1.807) is 97.7 Å². The summed E-state index contributed by atoms with van der Waals surface area (Å²) < 4.78 is 18.5. The molecule has 12 aromatic heterocycles. The van der Waals surface area contributed by atoms with E-state index < -0.39 is 19.7 Å². The van der Waals surface area contributed by atoms with E-state index in [1.807, 2.05) is 226 Å². The van der Waals surface area contributed by atoms with Crippen molar-refractivity contribution in [3.63, 3.8) is 0 Å². The van der Waals surface area contributed by atoms with Crippen LogP contribution in [0.25, 0.3) is 0 Å². The topological polar surface area (TPSA) is 499 Å². The number of imidazole rings is 9.